The SMILES string of the molecule is CCCCCCCNC(=O)C(C)(C)Oc1ccc(CCC(=O)O)cc1.CCO. The molecule has 0 spiro atoms. The fourth-order valence-corrected chi connectivity index (χ4v) is 2.46. The average Bonchev–Trinajstić information content (AvgIpc) is 2.64. The second-order valence-electron chi connectivity index (χ2n) is 7.14. The van der Waals surface area contributed by atoms with Crippen molar-refractivity contribution < 1.29 is 24.5 Å². The highest BCUT2D eigenvalue weighted by molar-refractivity contribution is 5.84. The maximum absolute atomic E-state index is 12.3. The molecule has 1 aromatic rings. The minimum atomic E-state index is -0.952. The van der Waals surface area contributed by atoms with Crippen molar-refractivity contribution >= 4 is 11.9 Å². The number of amides is 1. The Morgan fingerprint density at radius 3 is 2.14 bits per heavy atom. The van der Waals surface area contributed by atoms with Crippen LogP contribution in [0.1, 0.15) is 71.8 Å². The van der Waals surface area contributed by atoms with Gasteiger partial charge in [-0.2, -0.15) is 0 Å². The first-order valence-electron chi connectivity index (χ1n) is 10.2. The Morgan fingerprint density at radius 2 is 1.61 bits per heavy atom. The van der Waals surface area contributed by atoms with Gasteiger partial charge in [-0.25, -0.2) is 0 Å². The number of hydrogen-bond donors (Lipinski definition) is 3. The van der Waals surface area contributed by atoms with Gasteiger partial charge in [0, 0.05) is 19.6 Å². The second-order valence-corrected chi connectivity index (χ2v) is 7.14. The van der Waals surface area contributed by atoms with E-state index in [1.54, 1.807) is 32.9 Å². The molecule has 1 aromatic carbocycles. The van der Waals surface area contributed by atoms with Gasteiger partial charge in [0.05, 0.1) is 0 Å². The average molecular weight is 396 g/mol. The van der Waals surface area contributed by atoms with Crippen LogP contribution in [0, 0.1) is 0 Å². The molecule has 0 saturated heterocycles. The zero-order valence-electron chi connectivity index (χ0n) is 17.8. The Morgan fingerprint density at radius 1 is 1.04 bits per heavy atom. The van der Waals surface area contributed by atoms with Crippen LogP contribution in [-0.4, -0.2) is 40.8 Å². The summed E-state index contributed by atoms with van der Waals surface area (Å²) in [6, 6.07) is 7.22. The van der Waals surface area contributed by atoms with Gasteiger partial charge in [0.25, 0.3) is 5.91 Å². The van der Waals surface area contributed by atoms with Crippen molar-refractivity contribution in [2.24, 2.45) is 0 Å². The van der Waals surface area contributed by atoms with Crippen LogP contribution in [0.15, 0.2) is 24.3 Å². The van der Waals surface area contributed by atoms with Crippen molar-refractivity contribution in [2.75, 3.05) is 13.2 Å². The molecule has 0 atom stereocenters. The Bertz CT molecular complexity index is 555. The van der Waals surface area contributed by atoms with Crippen molar-refractivity contribution in [1.82, 2.24) is 5.32 Å². The Labute approximate surface area is 169 Å². The number of benzene rings is 1. The molecular weight excluding hydrogens is 358 g/mol. The summed E-state index contributed by atoms with van der Waals surface area (Å²) in [4.78, 5) is 22.9. The van der Waals surface area contributed by atoms with E-state index in [1.165, 1.54) is 19.3 Å². The van der Waals surface area contributed by atoms with Crippen molar-refractivity contribution in [2.45, 2.75) is 78.2 Å². The van der Waals surface area contributed by atoms with Gasteiger partial charge in [0.15, 0.2) is 5.60 Å². The molecule has 1 amide bonds. The molecule has 0 aromatic heterocycles. The molecule has 0 saturated carbocycles. The monoisotopic (exact) mass is 395 g/mol. The van der Waals surface area contributed by atoms with Gasteiger partial charge >= 0.3 is 5.97 Å². The molecule has 0 aliphatic heterocycles. The molecule has 0 bridgehead atoms. The first kappa shape index (κ1) is 25.9. The van der Waals surface area contributed by atoms with Crippen molar-refractivity contribution in [3.05, 3.63) is 29.8 Å². The van der Waals surface area contributed by atoms with Gasteiger partial charge in [-0.3, -0.25) is 9.59 Å². The highest BCUT2D eigenvalue weighted by Crippen LogP contribution is 2.20. The normalized spacial score (nSPS) is 10.6. The highest BCUT2D eigenvalue weighted by Gasteiger charge is 2.29. The van der Waals surface area contributed by atoms with Gasteiger partial charge in [-0.15, -0.1) is 0 Å². The molecule has 0 fully saturated rings. The third-order valence-electron chi connectivity index (χ3n) is 4.04. The predicted octanol–water partition coefficient (Wildman–Crippen LogP) is 3.95. The summed E-state index contributed by atoms with van der Waals surface area (Å²) in [6.07, 6.45) is 6.37. The van der Waals surface area contributed by atoms with Crippen LogP contribution in [0.5, 0.6) is 5.75 Å². The summed E-state index contributed by atoms with van der Waals surface area (Å²) < 4.78 is 5.81. The molecule has 6 nitrogen and oxygen atoms in total. The Kier molecular flexibility index (Phi) is 13.8. The number of nitrogens with one attached hydrogen (secondary N) is 1. The molecule has 1 rings (SSSR count). The fourth-order valence-electron chi connectivity index (χ4n) is 2.46. The topological polar surface area (TPSA) is 95.9 Å². The first-order chi connectivity index (χ1) is 13.3. The smallest absolute Gasteiger partial charge is 0.303 e. The maximum Gasteiger partial charge on any atom is 0.303 e. The molecule has 0 heterocycles. The van der Waals surface area contributed by atoms with E-state index in [2.05, 4.69) is 12.2 Å². The van der Waals surface area contributed by atoms with Crippen LogP contribution >= 0.6 is 0 Å². The molecule has 6 heteroatoms. The minimum Gasteiger partial charge on any atom is -0.481 e. The molecule has 3 N–H and O–H groups in total. The molecule has 0 aliphatic carbocycles. The number of carbonyl (C=O) groups is 2. The van der Waals surface area contributed by atoms with E-state index >= 15 is 0 Å². The summed E-state index contributed by atoms with van der Waals surface area (Å²) in [5, 5.41) is 19.2. The molecule has 0 radical (unpaired) electrons. The van der Waals surface area contributed by atoms with E-state index in [4.69, 9.17) is 14.9 Å². The third-order valence-corrected chi connectivity index (χ3v) is 4.04. The Hall–Kier alpha value is -2.08. The van der Waals surface area contributed by atoms with Crippen LogP contribution in [0.25, 0.3) is 0 Å². The number of rotatable bonds is 12. The van der Waals surface area contributed by atoms with Crippen LogP contribution in [-0.2, 0) is 16.0 Å². The van der Waals surface area contributed by atoms with Crippen LogP contribution in [0.2, 0.25) is 0 Å². The minimum absolute atomic E-state index is 0.104. The maximum atomic E-state index is 12.3. The van der Waals surface area contributed by atoms with E-state index < -0.39 is 11.6 Å². The molecular formula is C22H37NO5. The van der Waals surface area contributed by atoms with E-state index in [9.17, 15) is 9.59 Å². The van der Waals surface area contributed by atoms with Crippen molar-refractivity contribution in [3.8, 4) is 5.75 Å². The van der Waals surface area contributed by atoms with Crippen molar-refractivity contribution in [1.29, 1.82) is 0 Å². The molecule has 0 aliphatic rings. The van der Waals surface area contributed by atoms with Gasteiger partial charge in [0.2, 0.25) is 0 Å². The van der Waals surface area contributed by atoms with E-state index in [0.717, 1.165) is 18.4 Å². The summed E-state index contributed by atoms with van der Waals surface area (Å²) in [5.41, 5.74) is -0.0180. The zero-order chi connectivity index (χ0) is 21.4. The largest absolute Gasteiger partial charge is 0.481 e. The van der Waals surface area contributed by atoms with Gasteiger partial charge < -0.3 is 20.3 Å². The highest BCUT2D eigenvalue weighted by atomic mass is 16.5. The number of aliphatic carboxylic acids is 1. The summed E-state index contributed by atoms with van der Waals surface area (Å²) in [5.74, 6) is -0.340. The standard InChI is InChI=1S/C20H31NO4.C2H6O/c1-4-5-6-7-8-15-21-19(24)20(2,3)25-17-12-9-16(10-13-17)11-14-18(22)23;1-2-3/h9-10,12-13H,4-8,11,14-15H2,1-3H3,(H,21,24)(H,22,23);3H,2H2,1H3. The van der Waals surface area contributed by atoms with Gasteiger partial charge in [-0.1, -0.05) is 44.7 Å². The first-order valence-corrected chi connectivity index (χ1v) is 10.2. The lowest BCUT2D eigenvalue weighted by atomic mass is 10.1. The predicted molar refractivity (Wildman–Crippen MR) is 112 cm³/mol. The number of unbranched alkanes of at least 4 members (excludes halogenated alkanes) is 4. The lowest BCUT2D eigenvalue weighted by Gasteiger charge is -2.25. The van der Waals surface area contributed by atoms with E-state index in [-0.39, 0.29) is 18.9 Å². The number of aliphatic hydroxyl groups excluding tert-OH is 1. The number of aryl methyl sites for hydroxylation is 1. The molecule has 28 heavy (non-hydrogen) atoms. The third kappa shape index (κ3) is 12.3. The van der Waals surface area contributed by atoms with Crippen molar-refractivity contribution in [3.63, 3.8) is 0 Å². The summed E-state index contributed by atoms with van der Waals surface area (Å²) in [7, 11) is 0. The lowest BCUT2D eigenvalue weighted by Crippen LogP contribution is -2.46. The number of aliphatic hydroxyl groups is 1. The zero-order valence-corrected chi connectivity index (χ0v) is 17.8. The number of hydrogen-bond acceptors (Lipinski definition) is 4. The van der Waals surface area contributed by atoms with E-state index in [1.807, 2.05) is 12.1 Å². The Balaban J connectivity index is 0.00000227. The lowest BCUT2D eigenvalue weighted by molar-refractivity contribution is -0.137. The van der Waals surface area contributed by atoms with Crippen LogP contribution in [0.4, 0.5) is 0 Å². The summed E-state index contributed by atoms with van der Waals surface area (Å²) >= 11 is 0. The molecule has 0 unspecified atom stereocenters. The fraction of sp³-hybridized carbons (Fsp3) is 0.636. The molecule has 160 valence electrons. The van der Waals surface area contributed by atoms with Crippen LogP contribution < -0.4 is 10.1 Å². The number of carboxylic acid groups (broad SMARTS) is 1. The summed E-state index contributed by atoms with van der Waals surface area (Å²) in [6.45, 7) is 8.28. The van der Waals surface area contributed by atoms with E-state index in [0.29, 0.717) is 18.7 Å². The van der Waals surface area contributed by atoms with Crippen LogP contribution in [0.3, 0.4) is 0 Å². The number of carbonyl (C=O) groups excluding carboxylic acids is 1. The second kappa shape index (κ2) is 14.9. The van der Waals surface area contributed by atoms with Gasteiger partial charge in [0.1, 0.15) is 5.75 Å². The number of carboxylic acids is 1. The van der Waals surface area contributed by atoms with Gasteiger partial charge in [-0.05, 0) is 51.3 Å². The number of ether oxygens (including phenoxy) is 1. The quantitative estimate of drug-likeness (QED) is 0.466.